The van der Waals surface area contributed by atoms with Crippen molar-refractivity contribution in [3.8, 4) is 0 Å². The van der Waals surface area contributed by atoms with Gasteiger partial charge in [-0.1, -0.05) is 17.7 Å². The summed E-state index contributed by atoms with van der Waals surface area (Å²) in [5, 5.41) is 0. The first-order valence-electron chi connectivity index (χ1n) is 5.35. The lowest BCUT2D eigenvalue weighted by atomic mass is 9.95. The number of aromatic amines is 1. The minimum atomic E-state index is 0.0694. The average Bonchev–Trinajstić information content (AvgIpc) is 2.67. The molecule has 0 saturated carbocycles. The van der Waals surface area contributed by atoms with Gasteiger partial charge in [-0.15, -0.1) is 0 Å². The summed E-state index contributed by atoms with van der Waals surface area (Å²) in [6, 6.07) is 7.74. The van der Waals surface area contributed by atoms with Crippen molar-refractivity contribution in [1.29, 1.82) is 0 Å². The van der Waals surface area contributed by atoms with Crippen molar-refractivity contribution in [1.82, 2.24) is 4.98 Å². The van der Waals surface area contributed by atoms with E-state index in [1.165, 1.54) is 5.56 Å². The molecule has 0 atom stereocenters. The third-order valence-electron chi connectivity index (χ3n) is 2.75. The largest absolute Gasteiger partial charge is 0.359 e. The molecular weight excluding hydrogens is 198 g/mol. The molecule has 0 aliphatic rings. The van der Waals surface area contributed by atoms with E-state index in [1.54, 1.807) is 12.3 Å². The number of aryl methyl sites for hydroxylation is 3. The molecule has 1 heterocycles. The molecule has 16 heavy (non-hydrogen) atoms. The molecule has 0 fully saturated rings. The zero-order chi connectivity index (χ0) is 11.7. The fourth-order valence-electron chi connectivity index (χ4n) is 2.14. The van der Waals surface area contributed by atoms with Crippen LogP contribution >= 0.6 is 0 Å². The number of ketones is 1. The molecule has 0 radical (unpaired) electrons. The molecular formula is C14H15NO. The lowest BCUT2D eigenvalue weighted by molar-refractivity contribution is 0.103. The second-order valence-electron chi connectivity index (χ2n) is 4.19. The third-order valence-corrected chi connectivity index (χ3v) is 2.75. The summed E-state index contributed by atoms with van der Waals surface area (Å²) in [6.45, 7) is 6.01. The number of aromatic nitrogens is 1. The first-order valence-corrected chi connectivity index (χ1v) is 5.35. The lowest BCUT2D eigenvalue weighted by Gasteiger charge is -2.09. The minimum Gasteiger partial charge on any atom is -0.359 e. The molecule has 0 aliphatic carbocycles. The van der Waals surface area contributed by atoms with E-state index in [1.807, 2.05) is 39.0 Å². The molecule has 1 aromatic carbocycles. The van der Waals surface area contributed by atoms with Gasteiger partial charge in [0, 0.05) is 11.8 Å². The van der Waals surface area contributed by atoms with Gasteiger partial charge in [-0.25, -0.2) is 0 Å². The van der Waals surface area contributed by atoms with Crippen molar-refractivity contribution < 1.29 is 4.79 Å². The maximum atomic E-state index is 12.2. The Balaban J connectivity index is 2.53. The summed E-state index contributed by atoms with van der Waals surface area (Å²) in [4.78, 5) is 15.2. The monoisotopic (exact) mass is 213 g/mol. The van der Waals surface area contributed by atoms with Crippen LogP contribution in [0, 0.1) is 20.8 Å². The van der Waals surface area contributed by atoms with Crippen molar-refractivity contribution in [3.63, 3.8) is 0 Å². The number of hydrogen-bond acceptors (Lipinski definition) is 1. The van der Waals surface area contributed by atoms with E-state index in [-0.39, 0.29) is 5.78 Å². The molecule has 1 N–H and O–H groups in total. The number of benzene rings is 1. The Bertz CT molecular complexity index is 501. The van der Waals surface area contributed by atoms with Crippen molar-refractivity contribution in [3.05, 3.63) is 58.4 Å². The maximum Gasteiger partial charge on any atom is 0.209 e. The van der Waals surface area contributed by atoms with E-state index in [4.69, 9.17) is 0 Å². The van der Waals surface area contributed by atoms with Crippen LogP contribution in [0.25, 0.3) is 0 Å². The van der Waals surface area contributed by atoms with Crippen LogP contribution in [-0.2, 0) is 0 Å². The molecule has 0 saturated heterocycles. The molecule has 2 aromatic rings. The van der Waals surface area contributed by atoms with Gasteiger partial charge in [0.15, 0.2) is 0 Å². The average molecular weight is 213 g/mol. The van der Waals surface area contributed by atoms with Crippen molar-refractivity contribution >= 4 is 5.78 Å². The molecule has 0 bridgehead atoms. The highest BCUT2D eigenvalue weighted by Gasteiger charge is 2.15. The molecule has 2 rings (SSSR count). The Kier molecular flexibility index (Phi) is 2.65. The van der Waals surface area contributed by atoms with E-state index in [0.29, 0.717) is 5.69 Å². The standard InChI is InChI=1S/C14H15NO/c1-9-7-10(2)13(11(3)8-9)14(16)12-5-4-6-15-12/h4-8,15H,1-3H3. The maximum absolute atomic E-state index is 12.2. The van der Waals surface area contributed by atoms with Gasteiger partial charge >= 0.3 is 0 Å². The fraction of sp³-hybridized carbons (Fsp3) is 0.214. The molecule has 0 spiro atoms. The van der Waals surface area contributed by atoms with Gasteiger partial charge in [0.1, 0.15) is 0 Å². The minimum absolute atomic E-state index is 0.0694. The Hall–Kier alpha value is -1.83. The Morgan fingerprint density at radius 1 is 1.12 bits per heavy atom. The van der Waals surface area contributed by atoms with E-state index >= 15 is 0 Å². The summed E-state index contributed by atoms with van der Waals surface area (Å²) in [6.07, 6.45) is 1.77. The summed E-state index contributed by atoms with van der Waals surface area (Å²) in [5.74, 6) is 0.0694. The molecule has 1 aromatic heterocycles. The number of nitrogens with one attached hydrogen (secondary N) is 1. The van der Waals surface area contributed by atoms with Crippen LogP contribution in [0.4, 0.5) is 0 Å². The summed E-state index contributed by atoms with van der Waals surface area (Å²) in [5.41, 5.74) is 4.73. The quantitative estimate of drug-likeness (QED) is 0.763. The normalized spacial score (nSPS) is 10.4. The van der Waals surface area contributed by atoms with Crippen LogP contribution < -0.4 is 0 Å². The Morgan fingerprint density at radius 3 is 2.25 bits per heavy atom. The summed E-state index contributed by atoms with van der Waals surface area (Å²) < 4.78 is 0. The Labute approximate surface area is 95.3 Å². The van der Waals surface area contributed by atoms with E-state index in [2.05, 4.69) is 4.98 Å². The number of carbonyl (C=O) groups excluding carboxylic acids is 1. The summed E-state index contributed by atoms with van der Waals surface area (Å²) >= 11 is 0. The van der Waals surface area contributed by atoms with E-state index in [9.17, 15) is 4.79 Å². The summed E-state index contributed by atoms with van der Waals surface area (Å²) in [7, 11) is 0. The van der Waals surface area contributed by atoms with Gasteiger partial charge in [-0.3, -0.25) is 4.79 Å². The predicted molar refractivity (Wildman–Crippen MR) is 64.9 cm³/mol. The van der Waals surface area contributed by atoms with Crippen LogP contribution in [0.5, 0.6) is 0 Å². The van der Waals surface area contributed by atoms with Crippen LogP contribution in [0.3, 0.4) is 0 Å². The highest BCUT2D eigenvalue weighted by Crippen LogP contribution is 2.19. The zero-order valence-corrected chi connectivity index (χ0v) is 9.79. The van der Waals surface area contributed by atoms with Gasteiger partial charge < -0.3 is 4.98 Å². The van der Waals surface area contributed by atoms with Gasteiger partial charge in [0.2, 0.25) is 5.78 Å². The topological polar surface area (TPSA) is 32.9 Å². The van der Waals surface area contributed by atoms with Gasteiger partial charge in [-0.2, -0.15) is 0 Å². The number of carbonyl (C=O) groups is 1. The molecule has 2 nitrogen and oxygen atoms in total. The second kappa shape index (κ2) is 3.97. The van der Waals surface area contributed by atoms with Crippen LogP contribution in [-0.4, -0.2) is 10.8 Å². The highest BCUT2D eigenvalue weighted by atomic mass is 16.1. The smallest absolute Gasteiger partial charge is 0.209 e. The van der Waals surface area contributed by atoms with Gasteiger partial charge in [-0.05, 0) is 44.0 Å². The molecule has 0 unspecified atom stereocenters. The van der Waals surface area contributed by atoms with Crippen molar-refractivity contribution in [2.24, 2.45) is 0 Å². The van der Waals surface area contributed by atoms with Crippen LogP contribution in [0.15, 0.2) is 30.5 Å². The van der Waals surface area contributed by atoms with Crippen molar-refractivity contribution in [2.45, 2.75) is 20.8 Å². The second-order valence-corrected chi connectivity index (χ2v) is 4.19. The first kappa shape index (κ1) is 10.7. The van der Waals surface area contributed by atoms with E-state index in [0.717, 1.165) is 16.7 Å². The lowest BCUT2D eigenvalue weighted by Crippen LogP contribution is -2.07. The molecule has 82 valence electrons. The third kappa shape index (κ3) is 1.78. The van der Waals surface area contributed by atoms with Gasteiger partial charge in [0.25, 0.3) is 0 Å². The fourth-order valence-corrected chi connectivity index (χ4v) is 2.14. The number of H-pyrrole nitrogens is 1. The molecule has 2 heteroatoms. The number of hydrogen-bond donors (Lipinski definition) is 1. The first-order chi connectivity index (χ1) is 7.59. The zero-order valence-electron chi connectivity index (χ0n) is 9.79. The molecule has 0 aliphatic heterocycles. The van der Waals surface area contributed by atoms with E-state index < -0.39 is 0 Å². The number of rotatable bonds is 2. The molecule has 0 amide bonds. The Morgan fingerprint density at radius 2 is 1.75 bits per heavy atom. The van der Waals surface area contributed by atoms with Crippen molar-refractivity contribution in [2.75, 3.05) is 0 Å². The van der Waals surface area contributed by atoms with Crippen LogP contribution in [0.2, 0.25) is 0 Å². The highest BCUT2D eigenvalue weighted by molar-refractivity contribution is 6.09. The van der Waals surface area contributed by atoms with Crippen LogP contribution in [0.1, 0.15) is 32.7 Å². The predicted octanol–water partition coefficient (Wildman–Crippen LogP) is 3.17. The SMILES string of the molecule is Cc1cc(C)c(C(=O)c2ccc[nH]2)c(C)c1. The van der Waals surface area contributed by atoms with Gasteiger partial charge in [0.05, 0.1) is 5.69 Å².